The van der Waals surface area contributed by atoms with Gasteiger partial charge in [0.15, 0.2) is 0 Å². The number of halogens is 1. The zero-order valence-corrected chi connectivity index (χ0v) is 19.4. The number of carbonyl (C=O) groups excluding carboxylic acids is 2. The van der Waals surface area contributed by atoms with Crippen molar-refractivity contribution in [2.45, 2.75) is 45.8 Å². The molecule has 0 bridgehead atoms. The van der Waals surface area contributed by atoms with Crippen LogP contribution >= 0.6 is 11.6 Å². The summed E-state index contributed by atoms with van der Waals surface area (Å²) in [5, 5.41) is 29.8. The molecule has 1 aromatic rings. The van der Waals surface area contributed by atoms with Crippen molar-refractivity contribution in [2.75, 3.05) is 20.1 Å². The van der Waals surface area contributed by atoms with Crippen molar-refractivity contribution in [3.63, 3.8) is 0 Å². The van der Waals surface area contributed by atoms with Crippen LogP contribution in [0.5, 0.6) is 5.75 Å². The lowest BCUT2D eigenvalue weighted by molar-refractivity contribution is -0.163. The number of aliphatic carboxylic acids is 1. The van der Waals surface area contributed by atoms with E-state index in [-0.39, 0.29) is 54.6 Å². The molecule has 174 valence electrons. The molecule has 3 N–H and O–H groups in total. The van der Waals surface area contributed by atoms with Gasteiger partial charge >= 0.3 is 5.97 Å². The second-order valence-electron chi connectivity index (χ2n) is 8.83. The Bertz CT molecular complexity index is 989. The van der Waals surface area contributed by atoms with Gasteiger partial charge in [-0.25, -0.2) is 4.79 Å². The van der Waals surface area contributed by atoms with Gasteiger partial charge in [-0.2, -0.15) is 0 Å². The van der Waals surface area contributed by atoms with Crippen molar-refractivity contribution in [1.29, 1.82) is 0 Å². The molecule has 9 heteroatoms. The summed E-state index contributed by atoms with van der Waals surface area (Å²) in [5.74, 6) is -2.30. The highest BCUT2D eigenvalue weighted by atomic mass is 35.5. The van der Waals surface area contributed by atoms with Crippen LogP contribution in [0.15, 0.2) is 23.4 Å². The predicted octanol–water partition coefficient (Wildman–Crippen LogP) is 1.98. The minimum atomic E-state index is -1.18. The summed E-state index contributed by atoms with van der Waals surface area (Å²) >= 11 is 6.25. The van der Waals surface area contributed by atoms with Crippen LogP contribution in [0.4, 0.5) is 0 Å². The Kier molecular flexibility index (Phi) is 6.97. The Labute approximate surface area is 192 Å². The molecule has 2 aliphatic heterocycles. The summed E-state index contributed by atoms with van der Waals surface area (Å²) in [6, 6.07) is 2.89. The number of likely N-dealkylation sites (N-methyl/N-ethyl adjacent to an activating group) is 1. The molecule has 1 fully saturated rings. The number of Topliss-reactive ketones (excluding diaryl/α,β-unsaturated/α-hetero) is 1. The summed E-state index contributed by atoms with van der Waals surface area (Å²) in [6.07, 6.45) is -0.159. The normalized spacial score (nSPS) is 23.4. The van der Waals surface area contributed by atoms with E-state index >= 15 is 0 Å². The minimum absolute atomic E-state index is 0.0290. The fourth-order valence-electron chi connectivity index (χ4n) is 4.78. The molecule has 1 amide bonds. The standard InChI is InChI=1S/C23H29ClN2O6/c1-11-16(21(23(31)32)26-20(11)18(13(3)27)22(26)30)10-25(4)9-15(28)7-5-14-6-8-17(29)12(2)19(14)24/h6,8,11,13,18,20,27,29H,5,7,9-10H2,1-4H3,(H,31,32)/t11-,13+,18+,20+/m0/s1. The van der Waals surface area contributed by atoms with E-state index in [1.807, 2.05) is 6.92 Å². The number of rotatable bonds is 9. The average molecular weight is 465 g/mol. The number of aliphatic hydroxyl groups excluding tert-OH is 1. The number of hydrogen-bond acceptors (Lipinski definition) is 6. The Morgan fingerprint density at radius 1 is 1.31 bits per heavy atom. The quantitative estimate of drug-likeness (QED) is 0.478. The number of ketones is 1. The molecule has 3 rings (SSSR count). The topological polar surface area (TPSA) is 118 Å². The maximum absolute atomic E-state index is 12.5. The third-order valence-corrected chi connectivity index (χ3v) is 7.04. The van der Waals surface area contributed by atoms with Gasteiger partial charge in [-0.15, -0.1) is 0 Å². The average Bonchev–Trinajstić information content (AvgIpc) is 2.94. The van der Waals surface area contributed by atoms with Crippen LogP contribution in [0.2, 0.25) is 5.02 Å². The minimum Gasteiger partial charge on any atom is -0.508 e. The van der Waals surface area contributed by atoms with Gasteiger partial charge in [-0.05, 0) is 44.5 Å². The number of carboxylic acid groups (broad SMARTS) is 1. The number of carbonyl (C=O) groups is 3. The van der Waals surface area contributed by atoms with Crippen molar-refractivity contribution < 1.29 is 29.7 Å². The monoisotopic (exact) mass is 464 g/mol. The Hall–Kier alpha value is -2.42. The number of benzene rings is 1. The molecule has 0 radical (unpaired) electrons. The summed E-state index contributed by atoms with van der Waals surface area (Å²) in [5.41, 5.74) is 1.92. The van der Waals surface area contributed by atoms with E-state index in [0.717, 1.165) is 5.56 Å². The lowest BCUT2D eigenvalue weighted by Gasteiger charge is -2.46. The highest BCUT2D eigenvalue weighted by molar-refractivity contribution is 6.32. The second kappa shape index (κ2) is 9.21. The Morgan fingerprint density at radius 2 is 1.97 bits per heavy atom. The number of carboxylic acids is 1. The van der Waals surface area contributed by atoms with Crippen LogP contribution in [-0.4, -0.2) is 75.1 Å². The summed E-state index contributed by atoms with van der Waals surface area (Å²) < 4.78 is 0. The third-order valence-electron chi connectivity index (χ3n) is 6.52. The first-order valence-corrected chi connectivity index (χ1v) is 11.0. The van der Waals surface area contributed by atoms with E-state index in [9.17, 15) is 29.7 Å². The van der Waals surface area contributed by atoms with E-state index < -0.39 is 18.0 Å². The maximum atomic E-state index is 12.5. The van der Waals surface area contributed by atoms with Gasteiger partial charge in [0.2, 0.25) is 5.91 Å². The maximum Gasteiger partial charge on any atom is 0.352 e. The number of aliphatic hydroxyl groups is 1. The number of aryl methyl sites for hydroxylation is 1. The molecule has 0 unspecified atom stereocenters. The highest BCUT2D eigenvalue weighted by Crippen LogP contribution is 2.47. The van der Waals surface area contributed by atoms with Gasteiger partial charge in [0.1, 0.15) is 17.2 Å². The molecule has 2 heterocycles. The van der Waals surface area contributed by atoms with E-state index in [2.05, 4.69) is 0 Å². The van der Waals surface area contributed by atoms with Crippen LogP contribution in [0.3, 0.4) is 0 Å². The lowest BCUT2D eigenvalue weighted by Crippen LogP contribution is -2.63. The fraction of sp³-hybridized carbons (Fsp3) is 0.522. The molecule has 0 aliphatic carbocycles. The van der Waals surface area contributed by atoms with E-state index in [4.69, 9.17) is 11.6 Å². The van der Waals surface area contributed by atoms with Gasteiger partial charge in [0.05, 0.1) is 29.6 Å². The number of phenolic OH excluding ortho intramolecular Hbond substituents is 1. The first kappa shape index (κ1) is 24.2. The summed E-state index contributed by atoms with van der Waals surface area (Å²) in [7, 11) is 1.73. The van der Waals surface area contributed by atoms with Crippen molar-refractivity contribution in [2.24, 2.45) is 11.8 Å². The number of phenols is 1. The number of amides is 1. The molecule has 32 heavy (non-hydrogen) atoms. The van der Waals surface area contributed by atoms with Crippen molar-refractivity contribution in [3.05, 3.63) is 39.6 Å². The van der Waals surface area contributed by atoms with E-state index in [0.29, 0.717) is 22.6 Å². The zero-order chi connectivity index (χ0) is 23.9. The van der Waals surface area contributed by atoms with Gasteiger partial charge in [-0.1, -0.05) is 24.6 Å². The molecular weight excluding hydrogens is 436 g/mol. The number of β-lactam (4-membered cyclic amide) rings is 1. The summed E-state index contributed by atoms with van der Waals surface area (Å²) in [6.45, 7) is 5.47. The first-order valence-electron chi connectivity index (χ1n) is 10.6. The number of aromatic hydroxyl groups is 1. The molecular formula is C23H29ClN2O6. The molecule has 1 saturated heterocycles. The second-order valence-corrected chi connectivity index (χ2v) is 9.20. The van der Waals surface area contributed by atoms with Gasteiger partial charge in [-0.3, -0.25) is 14.5 Å². The zero-order valence-electron chi connectivity index (χ0n) is 18.6. The van der Waals surface area contributed by atoms with E-state index in [1.165, 1.54) is 11.8 Å². The number of fused-ring (bicyclic) bond motifs is 1. The van der Waals surface area contributed by atoms with Gasteiger partial charge < -0.3 is 20.2 Å². The lowest BCUT2D eigenvalue weighted by atomic mass is 9.77. The van der Waals surface area contributed by atoms with Crippen molar-refractivity contribution >= 4 is 29.3 Å². The number of hydrogen-bond donors (Lipinski definition) is 3. The predicted molar refractivity (Wildman–Crippen MR) is 118 cm³/mol. The largest absolute Gasteiger partial charge is 0.508 e. The molecule has 0 aromatic heterocycles. The van der Waals surface area contributed by atoms with Crippen LogP contribution < -0.4 is 0 Å². The van der Waals surface area contributed by atoms with Crippen LogP contribution in [0.1, 0.15) is 31.4 Å². The highest BCUT2D eigenvalue weighted by Gasteiger charge is 2.59. The molecule has 2 aliphatic rings. The summed E-state index contributed by atoms with van der Waals surface area (Å²) in [4.78, 5) is 39.9. The van der Waals surface area contributed by atoms with E-state index in [1.54, 1.807) is 31.0 Å². The number of nitrogens with zero attached hydrogens (tertiary/aromatic N) is 2. The van der Waals surface area contributed by atoms with Gasteiger partial charge in [0, 0.05) is 24.4 Å². The van der Waals surface area contributed by atoms with Crippen LogP contribution in [-0.2, 0) is 20.8 Å². The molecule has 8 nitrogen and oxygen atoms in total. The fourth-order valence-corrected chi connectivity index (χ4v) is 5.03. The van der Waals surface area contributed by atoms with Gasteiger partial charge in [0.25, 0.3) is 0 Å². The first-order chi connectivity index (χ1) is 15.0. The molecule has 0 saturated carbocycles. The smallest absolute Gasteiger partial charge is 0.352 e. The SMILES string of the molecule is Cc1c(O)ccc(CCC(=O)CN(C)CC2=C(C(=O)O)N3C(=O)[C@H]([C@@H](C)O)[C@H]3[C@H]2C)c1Cl. The Balaban J connectivity index is 1.64. The third kappa shape index (κ3) is 4.27. The molecule has 4 atom stereocenters. The molecule has 0 spiro atoms. The Morgan fingerprint density at radius 3 is 2.56 bits per heavy atom. The van der Waals surface area contributed by atoms with Crippen LogP contribution in [0, 0.1) is 18.8 Å². The van der Waals surface area contributed by atoms with Crippen LogP contribution in [0.25, 0.3) is 0 Å². The van der Waals surface area contributed by atoms with Crippen molar-refractivity contribution in [1.82, 2.24) is 9.80 Å². The van der Waals surface area contributed by atoms with Crippen molar-refractivity contribution in [3.8, 4) is 5.75 Å². The molecule has 1 aromatic carbocycles.